The number of thiophene rings is 1. The van der Waals surface area contributed by atoms with Gasteiger partial charge in [-0.25, -0.2) is 10.2 Å². The number of nitrogens with one attached hydrogen (secondary N) is 2. The van der Waals surface area contributed by atoms with Crippen LogP contribution in [0.25, 0.3) is 0 Å². The lowest BCUT2D eigenvalue weighted by atomic mass is 9.95. The number of carbonyl (C=O) groups is 3. The highest BCUT2D eigenvalue weighted by Gasteiger charge is 2.28. The number of aryl methyl sites for hydroxylation is 2. The van der Waals surface area contributed by atoms with Crippen LogP contribution in [-0.4, -0.2) is 37.2 Å². The van der Waals surface area contributed by atoms with Crippen molar-refractivity contribution in [1.82, 2.24) is 5.43 Å². The van der Waals surface area contributed by atoms with Crippen LogP contribution in [0.2, 0.25) is 0 Å². The fourth-order valence-electron chi connectivity index (χ4n) is 4.40. The monoisotopic (exact) mass is 563 g/mol. The SMILES string of the molecule is CCOC(=O)c1c(NC(=O)C(=O)N/N=C/c2ccc(OCc3cccc(C)c3)c(OCC)c2)sc2c1CCCC2. The second-order valence-electron chi connectivity index (χ2n) is 9.21. The maximum absolute atomic E-state index is 12.6. The third-order valence-corrected chi connectivity index (χ3v) is 7.42. The van der Waals surface area contributed by atoms with Crippen molar-refractivity contribution in [2.45, 2.75) is 53.1 Å². The summed E-state index contributed by atoms with van der Waals surface area (Å²) in [6.45, 7) is 6.69. The largest absolute Gasteiger partial charge is 0.490 e. The van der Waals surface area contributed by atoms with Crippen LogP contribution in [0.1, 0.15) is 64.2 Å². The standard InChI is InChI=1S/C30H33N3O6S/c1-4-37-24-16-20(13-14-23(24)39-18-21-10-8-9-19(3)15-21)17-31-33-28(35)27(34)32-29-26(30(36)38-5-2)22-11-6-7-12-25(22)40-29/h8-10,13-17H,4-7,11-12,18H2,1-3H3,(H,32,34)(H,33,35)/b31-17+. The van der Waals surface area contributed by atoms with Gasteiger partial charge in [0.2, 0.25) is 0 Å². The van der Waals surface area contributed by atoms with Crippen LogP contribution >= 0.6 is 11.3 Å². The van der Waals surface area contributed by atoms with E-state index in [2.05, 4.69) is 21.9 Å². The van der Waals surface area contributed by atoms with Gasteiger partial charge in [-0.05, 0) is 81.3 Å². The van der Waals surface area contributed by atoms with E-state index in [1.807, 2.05) is 32.0 Å². The van der Waals surface area contributed by atoms with Gasteiger partial charge in [0.05, 0.1) is 25.0 Å². The van der Waals surface area contributed by atoms with E-state index >= 15 is 0 Å². The Kier molecular flexibility index (Phi) is 9.91. The second kappa shape index (κ2) is 13.7. The Balaban J connectivity index is 1.39. The fraction of sp³-hybridized carbons (Fsp3) is 0.333. The van der Waals surface area contributed by atoms with Crippen molar-refractivity contribution in [2.75, 3.05) is 18.5 Å². The molecule has 1 aliphatic carbocycles. The smallest absolute Gasteiger partial charge is 0.341 e. The van der Waals surface area contributed by atoms with Crippen molar-refractivity contribution < 1.29 is 28.6 Å². The van der Waals surface area contributed by atoms with Gasteiger partial charge in [-0.2, -0.15) is 5.10 Å². The van der Waals surface area contributed by atoms with Crippen molar-refractivity contribution in [3.63, 3.8) is 0 Å². The zero-order valence-electron chi connectivity index (χ0n) is 22.9. The average molecular weight is 564 g/mol. The summed E-state index contributed by atoms with van der Waals surface area (Å²) in [7, 11) is 0. The summed E-state index contributed by atoms with van der Waals surface area (Å²) >= 11 is 1.32. The van der Waals surface area contributed by atoms with Crippen LogP contribution in [0.5, 0.6) is 11.5 Å². The molecular weight excluding hydrogens is 530 g/mol. The minimum atomic E-state index is -0.958. The second-order valence-corrected chi connectivity index (χ2v) is 10.3. The molecule has 210 valence electrons. The summed E-state index contributed by atoms with van der Waals surface area (Å²) in [5.41, 5.74) is 6.33. The van der Waals surface area contributed by atoms with E-state index in [0.717, 1.165) is 47.3 Å². The molecule has 40 heavy (non-hydrogen) atoms. The van der Waals surface area contributed by atoms with Crippen LogP contribution in [-0.2, 0) is 33.8 Å². The minimum Gasteiger partial charge on any atom is -0.490 e. The average Bonchev–Trinajstić information content (AvgIpc) is 3.30. The van der Waals surface area contributed by atoms with Crippen molar-refractivity contribution >= 4 is 40.3 Å². The number of carbonyl (C=O) groups excluding carboxylic acids is 3. The molecule has 4 rings (SSSR count). The molecule has 0 unspecified atom stereocenters. The first-order valence-corrected chi connectivity index (χ1v) is 14.1. The predicted octanol–water partition coefficient (Wildman–Crippen LogP) is 5.18. The van der Waals surface area contributed by atoms with Gasteiger partial charge in [0.15, 0.2) is 11.5 Å². The molecule has 0 saturated carbocycles. The number of esters is 1. The molecule has 3 aromatic rings. The molecule has 0 radical (unpaired) electrons. The Morgan fingerprint density at radius 1 is 0.975 bits per heavy atom. The molecule has 0 fully saturated rings. The summed E-state index contributed by atoms with van der Waals surface area (Å²) in [6, 6.07) is 13.4. The highest BCUT2D eigenvalue weighted by molar-refractivity contribution is 7.17. The minimum absolute atomic E-state index is 0.219. The molecule has 0 saturated heterocycles. The third-order valence-electron chi connectivity index (χ3n) is 6.21. The molecule has 1 aromatic heterocycles. The summed E-state index contributed by atoms with van der Waals surface area (Å²) < 4.78 is 16.9. The molecule has 10 heteroatoms. The van der Waals surface area contributed by atoms with Crippen molar-refractivity contribution in [3.8, 4) is 11.5 Å². The van der Waals surface area contributed by atoms with Crippen molar-refractivity contribution in [3.05, 3.63) is 75.2 Å². The summed E-state index contributed by atoms with van der Waals surface area (Å²) in [5.74, 6) is -1.25. The molecular formula is C30H33N3O6S. The summed E-state index contributed by atoms with van der Waals surface area (Å²) in [4.78, 5) is 38.7. The Morgan fingerprint density at radius 3 is 2.58 bits per heavy atom. The fourth-order valence-corrected chi connectivity index (χ4v) is 5.68. The normalized spacial score (nSPS) is 12.5. The molecule has 0 spiro atoms. The lowest BCUT2D eigenvalue weighted by Gasteiger charge is -2.13. The third kappa shape index (κ3) is 7.26. The number of rotatable bonds is 10. The molecule has 0 atom stereocenters. The lowest BCUT2D eigenvalue weighted by molar-refractivity contribution is -0.136. The molecule has 1 heterocycles. The molecule has 1 aliphatic rings. The highest BCUT2D eigenvalue weighted by atomic mass is 32.1. The zero-order valence-corrected chi connectivity index (χ0v) is 23.7. The van der Waals surface area contributed by atoms with Gasteiger partial charge >= 0.3 is 17.8 Å². The van der Waals surface area contributed by atoms with Crippen LogP contribution in [0.3, 0.4) is 0 Å². The Hall–Kier alpha value is -4.18. The lowest BCUT2D eigenvalue weighted by Crippen LogP contribution is -2.32. The van der Waals surface area contributed by atoms with E-state index in [-0.39, 0.29) is 6.61 Å². The van der Waals surface area contributed by atoms with Gasteiger partial charge in [-0.1, -0.05) is 29.8 Å². The molecule has 0 bridgehead atoms. The van der Waals surface area contributed by atoms with Crippen molar-refractivity contribution in [1.29, 1.82) is 0 Å². The number of benzene rings is 2. The van der Waals surface area contributed by atoms with Gasteiger partial charge in [-0.3, -0.25) is 9.59 Å². The van der Waals surface area contributed by atoms with Gasteiger partial charge in [0.25, 0.3) is 0 Å². The van der Waals surface area contributed by atoms with E-state index in [9.17, 15) is 14.4 Å². The highest BCUT2D eigenvalue weighted by Crippen LogP contribution is 2.38. The number of hydrazone groups is 1. The van der Waals surface area contributed by atoms with Gasteiger partial charge in [-0.15, -0.1) is 11.3 Å². The molecule has 9 nitrogen and oxygen atoms in total. The maximum atomic E-state index is 12.6. The first kappa shape index (κ1) is 28.8. The number of hydrogen-bond donors (Lipinski definition) is 2. The molecule has 2 aromatic carbocycles. The Labute approximate surface area is 237 Å². The van der Waals surface area contributed by atoms with E-state index < -0.39 is 17.8 Å². The first-order chi connectivity index (χ1) is 19.4. The molecule has 2 N–H and O–H groups in total. The van der Waals surface area contributed by atoms with Gasteiger partial charge < -0.3 is 19.5 Å². The Bertz CT molecular complexity index is 1410. The number of fused-ring (bicyclic) bond motifs is 1. The van der Waals surface area contributed by atoms with Crippen LogP contribution in [0.4, 0.5) is 5.00 Å². The summed E-state index contributed by atoms with van der Waals surface area (Å²) in [6.07, 6.45) is 4.96. The van der Waals surface area contributed by atoms with Crippen LogP contribution < -0.4 is 20.2 Å². The summed E-state index contributed by atoms with van der Waals surface area (Å²) in [5, 5.41) is 6.83. The first-order valence-electron chi connectivity index (χ1n) is 13.3. The van der Waals surface area contributed by atoms with E-state index in [1.54, 1.807) is 25.1 Å². The molecule has 0 aliphatic heterocycles. The topological polar surface area (TPSA) is 115 Å². The number of hydrogen-bond acceptors (Lipinski definition) is 8. The van der Waals surface area contributed by atoms with Gasteiger partial charge in [0, 0.05) is 4.88 Å². The predicted molar refractivity (Wildman–Crippen MR) is 154 cm³/mol. The Morgan fingerprint density at radius 2 is 1.80 bits per heavy atom. The number of amides is 2. The van der Waals surface area contributed by atoms with Gasteiger partial charge in [0.1, 0.15) is 11.6 Å². The van der Waals surface area contributed by atoms with Crippen LogP contribution in [0, 0.1) is 6.92 Å². The number of nitrogens with zero attached hydrogens (tertiary/aromatic N) is 1. The van der Waals surface area contributed by atoms with Crippen LogP contribution in [0.15, 0.2) is 47.6 Å². The zero-order chi connectivity index (χ0) is 28.5. The van der Waals surface area contributed by atoms with E-state index in [1.165, 1.54) is 17.6 Å². The van der Waals surface area contributed by atoms with Crippen molar-refractivity contribution in [2.24, 2.45) is 5.10 Å². The maximum Gasteiger partial charge on any atom is 0.341 e. The molecule has 2 amide bonds. The number of anilines is 1. The van der Waals surface area contributed by atoms with E-state index in [0.29, 0.717) is 40.8 Å². The number of ether oxygens (including phenoxy) is 3. The van der Waals surface area contributed by atoms with E-state index in [4.69, 9.17) is 14.2 Å². The quantitative estimate of drug-likeness (QED) is 0.152.